The van der Waals surface area contributed by atoms with Crippen LogP contribution in [0, 0.1) is 0 Å². The third-order valence-corrected chi connectivity index (χ3v) is 4.44. The second kappa shape index (κ2) is 5.53. The molecule has 1 heterocycles. The van der Waals surface area contributed by atoms with Gasteiger partial charge in [-0.05, 0) is 41.6 Å². The maximum absolute atomic E-state index is 5.66. The Morgan fingerprint density at radius 2 is 2.11 bits per heavy atom. The summed E-state index contributed by atoms with van der Waals surface area (Å²) in [4.78, 5) is 9.32. The van der Waals surface area contributed by atoms with E-state index in [0.717, 1.165) is 47.5 Å². The van der Waals surface area contributed by atoms with E-state index in [2.05, 4.69) is 33.2 Å². The molecule has 2 rings (SSSR count). The Labute approximate surface area is 117 Å². The molecular formula is C13H20BrN3O. The van der Waals surface area contributed by atoms with Crippen LogP contribution in [0.4, 0.5) is 5.82 Å². The number of anilines is 1. The molecule has 1 aliphatic carbocycles. The Morgan fingerprint density at radius 3 is 2.56 bits per heavy atom. The van der Waals surface area contributed by atoms with Crippen LogP contribution in [0.5, 0.6) is 0 Å². The maximum atomic E-state index is 5.66. The smallest absolute Gasteiger partial charge is 0.162 e. The Balaban J connectivity index is 2.44. The molecule has 0 unspecified atom stereocenters. The molecule has 0 atom stereocenters. The summed E-state index contributed by atoms with van der Waals surface area (Å²) in [7, 11) is 3.63. The summed E-state index contributed by atoms with van der Waals surface area (Å²) in [6.45, 7) is 2.16. The average molecular weight is 314 g/mol. The number of hydrogen-bond donors (Lipinski definition) is 1. The van der Waals surface area contributed by atoms with Crippen molar-refractivity contribution in [1.82, 2.24) is 9.97 Å². The number of aromatic nitrogens is 2. The van der Waals surface area contributed by atoms with Gasteiger partial charge in [-0.3, -0.25) is 0 Å². The number of nitrogens with one attached hydrogen (secondary N) is 1. The average Bonchev–Trinajstić information content (AvgIpc) is 2.32. The molecule has 1 saturated carbocycles. The highest BCUT2D eigenvalue weighted by molar-refractivity contribution is 9.10. The topological polar surface area (TPSA) is 47.0 Å². The van der Waals surface area contributed by atoms with E-state index in [4.69, 9.17) is 9.72 Å². The number of aryl methyl sites for hydroxylation is 1. The Hall–Kier alpha value is -0.680. The van der Waals surface area contributed by atoms with E-state index < -0.39 is 0 Å². The fourth-order valence-electron chi connectivity index (χ4n) is 2.28. The second-order valence-electron chi connectivity index (χ2n) is 4.71. The molecule has 1 N–H and O–H groups in total. The zero-order valence-corrected chi connectivity index (χ0v) is 12.8. The predicted molar refractivity (Wildman–Crippen MR) is 75.8 cm³/mol. The van der Waals surface area contributed by atoms with Gasteiger partial charge in [0.05, 0.1) is 10.2 Å². The lowest BCUT2D eigenvalue weighted by molar-refractivity contribution is -0.0847. The van der Waals surface area contributed by atoms with Gasteiger partial charge in [0.2, 0.25) is 0 Å². The van der Waals surface area contributed by atoms with Crippen molar-refractivity contribution in [2.45, 2.75) is 44.6 Å². The van der Waals surface area contributed by atoms with Crippen molar-refractivity contribution in [3.05, 3.63) is 16.0 Å². The predicted octanol–water partition coefficient (Wildman–Crippen LogP) is 3.26. The minimum atomic E-state index is -0.255. The minimum absolute atomic E-state index is 0.255. The van der Waals surface area contributed by atoms with Crippen molar-refractivity contribution in [2.75, 3.05) is 19.5 Å². The molecule has 0 saturated heterocycles. The monoisotopic (exact) mass is 313 g/mol. The second-order valence-corrected chi connectivity index (χ2v) is 5.50. The summed E-state index contributed by atoms with van der Waals surface area (Å²) >= 11 is 3.58. The molecule has 0 bridgehead atoms. The molecular weight excluding hydrogens is 294 g/mol. The van der Waals surface area contributed by atoms with E-state index in [9.17, 15) is 0 Å². The van der Waals surface area contributed by atoms with Gasteiger partial charge < -0.3 is 10.1 Å². The Kier molecular flexibility index (Phi) is 4.22. The molecule has 0 aromatic carbocycles. The molecule has 1 aliphatic rings. The standard InChI is InChI=1S/C13H20BrN3O/c1-4-6-9-10(14)11(15-2)17-12(16-9)13(18-3)7-5-8-13/h4-8H2,1-3H3,(H,15,16,17). The van der Waals surface area contributed by atoms with Gasteiger partial charge in [0, 0.05) is 14.2 Å². The van der Waals surface area contributed by atoms with Crippen LogP contribution in [0.15, 0.2) is 4.47 Å². The number of hydrogen-bond acceptors (Lipinski definition) is 4. The molecule has 18 heavy (non-hydrogen) atoms. The van der Waals surface area contributed by atoms with Crippen LogP contribution in [0.2, 0.25) is 0 Å². The van der Waals surface area contributed by atoms with Crippen LogP contribution in [0.25, 0.3) is 0 Å². The van der Waals surface area contributed by atoms with E-state index in [1.165, 1.54) is 6.42 Å². The van der Waals surface area contributed by atoms with Crippen LogP contribution in [-0.4, -0.2) is 24.1 Å². The first kappa shape index (κ1) is 13.7. The van der Waals surface area contributed by atoms with E-state index in [1.54, 1.807) is 7.11 Å². The zero-order chi connectivity index (χ0) is 13.2. The van der Waals surface area contributed by atoms with E-state index in [0.29, 0.717) is 0 Å². The van der Waals surface area contributed by atoms with Gasteiger partial charge in [0.25, 0.3) is 0 Å². The molecule has 1 aromatic heterocycles. The number of nitrogens with zero attached hydrogens (tertiary/aromatic N) is 2. The molecule has 0 spiro atoms. The van der Waals surface area contributed by atoms with Gasteiger partial charge in [-0.15, -0.1) is 0 Å². The maximum Gasteiger partial charge on any atom is 0.162 e. The normalized spacial score (nSPS) is 17.3. The molecule has 1 fully saturated rings. The Morgan fingerprint density at radius 1 is 1.39 bits per heavy atom. The molecule has 5 heteroatoms. The largest absolute Gasteiger partial charge is 0.372 e. The summed E-state index contributed by atoms with van der Waals surface area (Å²) in [6.07, 6.45) is 5.23. The number of rotatable bonds is 5. The lowest BCUT2D eigenvalue weighted by Gasteiger charge is -2.39. The van der Waals surface area contributed by atoms with Crippen molar-refractivity contribution in [3.63, 3.8) is 0 Å². The number of methoxy groups -OCH3 is 1. The van der Waals surface area contributed by atoms with Crippen LogP contribution >= 0.6 is 15.9 Å². The summed E-state index contributed by atoms with van der Waals surface area (Å²) in [6, 6.07) is 0. The Bertz CT molecular complexity index is 427. The van der Waals surface area contributed by atoms with Gasteiger partial charge in [0.15, 0.2) is 5.82 Å². The highest BCUT2D eigenvalue weighted by atomic mass is 79.9. The van der Waals surface area contributed by atoms with E-state index in [-0.39, 0.29) is 5.60 Å². The van der Waals surface area contributed by atoms with Gasteiger partial charge in [-0.2, -0.15) is 0 Å². The fraction of sp³-hybridized carbons (Fsp3) is 0.692. The van der Waals surface area contributed by atoms with Crippen molar-refractivity contribution >= 4 is 21.7 Å². The van der Waals surface area contributed by atoms with Crippen molar-refractivity contribution < 1.29 is 4.74 Å². The van der Waals surface area contributed by atoms with Gasteiger partial charge >= 0.3 is 0 Å². The van der Waals surface area contributed by atoms with Crippen molar-refractivity contribution in [2.24, 2.45) is 0 Å². The summed E-state index contributed by atoms with van der Waals surface area (Å²) in [5.74, 6) is 1.68. The quantitative estimate of drug-likeness (QED) is 0.906. The third-order valence-electron chi connectivity index (χ3n) is 3.60. The van der Waals surface area contributed by atoms with Crippen LogP contribution in [0.3, 0.4) is 0 Å². The molecule has 0 radical (unpaired) electrons. The van der Waals surface area contributed by atoms with E-state index >= 15 is 0 Å². The lowest BCUT2D eigenvalue weighted by Crippen LogP contribution is -2.38. The van der Waals surface area contributed by atoms with Crippen LogP contribution < -0.4 is 5.32 Å². The van der Waals surface area contributed by atoms with E-state index in [1.807, 2.05) is 7.05 Å². The van der Waals surface area contributed by atoms with Gasteiger partial charge in [0.1, 0.15) is 11.4 Å². The first-order valence-electron chi connectivity index (χ1n) is 6.46. The lowest BCUT2D eigenvalue weighted by atomic mass is 9.79. The van der Waals surface area contributed by atoms with Gasteiger partial charge in [-0.1, -0.05) is 13.3 Å². The SMILES string of the molecule is CCCc1nc(C2(OC)CCC2)nc(NC)c1Br. The zero-order valence-electron chi connectivity index (χ0n) is 11.2. The number of ether oxygens (including phenoxy) is 1. The highest BCUT2D eigenvalue weighted by Crippen LogP contribution is 2.43. The summed E-state index contributed by atoms with van der Waals surface area (Å²) in [5, 5.41) is 3.13. The summed E-state index contributed by atoms with van der Waals surface area (Å²) in [5.41, 5.74) is 0.810. The summed E-state index contributed by atoms with van der Waals surface area (Å²) < 4.78 is 6.64. The number of halogens is 1. The van der Waals surface area contributed by atoms with Crippen molar-refractivity contribution in [3.8, 4) is 0 Å². The van der Waals surface area contributed by atoms with Gasteiger partial charge in [-0.25, -0.2) is 9.97 Å². The minimum Gasteiger partial charge on any atom is -0.372 e. The van der Waals surface area contributed by atoms with Crippen LogP contribution in [0.1, 0.15) is 44.1 Å². The molecule has 0 aliphatic heterocycles. The molecule has 0 amide bonds. The molecule has 100 valence electrons. The highest BCUT2D eigenvalue weighted by Gasteiger charge is 2.42. The molecule has 1 aromatic rings. The first-order chi connectivity index (χ1) is 8.66. The van der Waals surface area contributed by atoms with Crippen LogP contribution in [-0.2, 0) is 16.8 Å². The first-order valence-corrected chi connectivity index (χ1v) is 7.26. The third kappa shape index (κ3) is 2.26. The molecule has 4 nitrogen and oxygen atoms in total. The fourth-order valence-corrected chi connectivity index (χ4v) is 2.86. The van der Waals surface area contributed by atoms with Crippen molar-refractivity contribution in [1.29, 1.82) is 0 Å².